The first-order valence-electron chi connectivity index (χ1n) is 7.90. The molecule has 0 radical (unpaired) electrons. The zero-order chi connectivity index (χ0) is 17.5. The van der Waals surface area contributed by atoms with E-state index in [4.69, 9.17) is 9.47 Å². The summed E-state index contributed by atoms with van der Waals surface area (Å²) < 4.78 is 14.9. The van der Waals surface area contributed by atoms with Crippen molar-refractivity contribution in [1.29, 1.82) is 0 Å². The second-order valence-electron chi connectivity index (χ2n) is 5.92. The molecule has 1 aromatic carbocycles. The van der Waals surface area contributed by atoms with E-state index in [0.29, 0.717) is 28.9 Å². The van der Waals surface area contributed by atoms with Crippen molar-refractivity contribution in [3.63, 3.8) is 0 Å². The molecule has 24 heavy (non-hydrogen) atoms. The predicted octanol–water partition coefficient (Wildman–Crippen LogP) is 3.46. The third-order valence-corrected chi connectivity index (χ3v) is 4.24. The number of carbonyl (C=O) groups excluding carboxylic acids is 1. The van der Waals surface area contributed by atoms with Crippen LogP contribution in [0.5, 0.6) is 11.5 Å². The second-order valence-corrected chi connectivity index (χ2v) is 6.70. The van der Waals surface area contributed by atoms with Crippen molar-refractivity contribution in [3.05, 3.63) is 34.8 Å². The molecule has 1 heterocycles. The average Bonchev–Trinajstić information content (AvgIpc) is 3.09. The highest BCUT2D eigenvalue weighted by Gasteiger charge is 2.15. The molecule has 0 spiro atoms. The van der Waals surface area contributed by atoms with Crippen LogP contribution in [0.15, 0.2) is 24.4 Å². The molecule has 2 rings (SSSR count). The van der Waals surface area contributed by atoms with E-state index in [1.165, 1.54) is 6.20 Å². The van der Waals surface area contributed by atoms with Gasteiger partial charge in [-0.3, -0.25) is 4.79 Å². The molecule has 0 unspecified atom stereocenters. The summed E-state index contributed by atoms with van der Waals surface area (Å²) in [4.78, 5) is 12.6. The van der Waals surface area contributed by atoms with Gasteiger partial charge >= 0.3 is 0 Å². The van der Waals surface area contributed by atoms with E-state index in [2.05, 4.69) is 28.8 Å². The lowest BCUT2D eigenvalue weighted by Crippen LogP contribution is -2.25. The fraction of sp³-hybridized carbons (Fsp3) is 0.471. The summed E-state index contributed by atoms with van der Waals surface area (Å²) in [6, 6.07) is 5.54. The van der Waals surface area contributed by atoms with Gasteiger partial charge < -0.3 is 14.8 Å². The second kappa shape index (κ2) is 8.63. The van der Waals surface area contributed by atoms with E-state index in [0.717, 1.165) is 23.5 Å². The van der Waals surface area contributed by atoms with Crippen molar-refractivity contribution < 1.29 is 14.3 Å². The Bertz CT molecular complexity index is 659. The van der Waals surface area contributed by atoms with Gasteiger partial charge in [0.2, 0.25) is 0 Å². The zero-order valence-electron chi connectivity index (χ0n) is 14.4. The monoisotopic (exact) mass is 349 g/mol. The van der Waals surface area contributed by atoms with Gasteiger partial charge in [-0.25, -0.2) is 0 Å². The molecule has 6 nitrogen and oxygen atoms in total. The molecule has 2 aromatic rings. The minimum atomic E-state index is -0.186. The van der Waals surface area contributed by atoms with Crippen LogP contribution >= 0.6 is 11.5 Å². The fourth-order valence-electron chi connectivity index (χ4n) is 2.10. The van der Waals surface area contributed by atoms with Crippen LogP contribution in [0.4, 0.5) is 0 Å². The van der Waals surface area contributed by atoms with E-state index in [-0.39, 0.29) is 11.9 Å². The number of hydrogen-bond acceptors (Lipinski definition) is 6. The minimum absolute atomic E-state index is 0.168. The lowest BCUT2D eigenvalue weighted by Gasteiger charge is -2.17. The van der Waals surface area contributed by atoms with Crippen molar-refractivity contribution >= 4 is 17.4 Å². The van der Waals surface area contributed by atoms with Crippen molar-refractivity contribution in [1.82, 2.24) is 14.9 Å². The number of methoxy groups -OCH3 is 1. The van der Waals surface area contributed by atoms with Gasteiger partial charge in [-0.15, -0.1) is 5.10 Å². The number of ether oxygens (including phenoxy) is 2. The number of rotatable bonds is 8. The molecule has 0 aliphatic carbocycles. The Labute approximate surface area is 146 Å². The van der Waals surface area contributed by atoms with Crippen LogP contribution in [-0.4, -0.2) is 29.2 Å². The molecule has 0 aliphatic rings. The summed E-state index contributed by atoms with van der Waals surface area (Å²) >= 11 is 1.07. The molecule has 130 valence electrons. The molecule has 1 N–H and O–H groups in total. The van der Waals surface area contributed by atoms with Crippen LogP contribution in [0.3, 0.4) is 0 Å². The third-order valence-electron chi connectivity index (χ3n) is 3.57. The summed E-state index contributed by atoms with van der Waals surface area (Å²) in [5.74, 6) is 1.78. The van der Waals surface area contributed by atoms with Gasteiger partial charge in [-0.05, 0) is 48.5 Å². The van der Waals surface area contributed by atoms with Gasteiger partial charge in [-0.2, -0.15) is 0 Å². The van der Waals surface area contributed by atoms with Crippen molar-refractivity contribution in [2.75, 3.05) is 13.7 Å². The quantitative estimate of drug-likeness (QED) is 0.790. The summed E-state index contributed by atoms with van der Waals surface area (Å²) in [6.07, 6.45) is 2.44. The number of hydrogen-bond donors (Lipinski definition) is 1. The minimum Gasteiger partial charge on any atom is -0.493 e. The number of nitrogens with one attached hydrogen (secondary N) is 1. The number of aromatic nitrogens is 2. The van der Waals surface area contributed by atoms with E-state index in [1.807, 2.05) is 25.1 Å². The van der Waals surface area contributed by atoms with E-state index in [9.17, 15) is 4.79 Å². The van der Waals surface area contributed by atoms with E-state index >= 15 is 0 Å². The van der Waals surface area contributed by atoms with Gasteiger partial charge in [-0.1, -0.05) is 24.4 Å². The number of amides is 1. The maximum absolute atomic E-state index is 12.1. The Morgan fingerprint density at radius 3 is 2.71 bits per heavy atom. The predicted molar refractivity (Wildman–Crippen MR) is 93.7 cm³/mol. The first-order valence-corrected chi connectivity index (χ1v) is 8.67. The molecule has 0 bridgehead atoms. The number of carbonyl (C=O) groups is 1. The van der Waals surface area contributed by atoms with Crippen LogP contribution in [0, 0.1) is 5.92 Å². The van der Waals surface area contributed by atoms with Gasteiger partial charge in [0.05, 0.1) is 26.0 Å². The third kappa shape index (κ3) is 4.92. The SMILES string of the molecule is COc1cc([C@H](C)NC(=O)c2cnns2)ccc1OCCC(C)C. The molecule has 0 saturated heterocycles. The first kappa shape index (κ1) is 18.2. The molecule has 0 saturated carbocycles. The first-order chi connectivity index (χ1) is 11.5. The molecule has 0 aliphatic heterocycles. The van der Waals surface area contributed by atoms with Crippen molar-refractivity contribution in [2.24, 2.45) is 5.92 Å². The van der Waals surface area contributed by atoms with Crippen molar-refractivity contribution in [2.45, 2.75) is 33.2 Å². The van der Waals surface area contributed by atoms with Gasteiger partial charge in [0.25, 0.3) is 5.91 Å². The fourth-order valence-corrected chi connectivity index (χ4v) is 2.51. The molecular formula is C17H23N3O3S. The molecule has 1 amide bonds. The normalized spacial score (nSPS) is 12.0. The molecule has 0 fully saturated rings. The largest absolute Gasteiger partial charge is 0.493 e. The van der Waals surface area contributed by atoms with Crippen LogP contribution in [0.25, 0.3) is 0 Å². The summed E-state index contributed by atoms with van der Waals surface area (Å²) in [6.45, 7) is 6.89. The number of benzene rings is 1. The summed E-state index contributed by atoms with van der Waals surface area (Å²) in [7, 11) is 1.61. The smallest absolute Gasteiger partial charge is 0.265 e. The highest BCUT2D eigenvalue weighted by Crippen LogP contribution is 2.30. The molecule has 7 heteroatoms. The molecular weight excluding hydrogens is 326 g/mol. The summed E-state index contributed by atoms with van der Waals surface area (Å²) in [5.41, 5.74) is 0.939. The van der Waals surface area contributed by atoms with E-state index < -0.39 is 0 Å². The zero-order valence-corrected chi connectivity index (χ0v) is 15.2. The Morgan fingerprint density at radius 1 is 1.29 bits per heavy atom. The topological polar surface area (TPSA) is 73.3 Å². The lowest BCUT2D eigenvalue weighted by molar-refractivity contribution is 0.0943. The maximum atomic E-state index is 12.1. The van der Waals surface area contributed by atoms with Gasteiger partial charge in [0.15, 0.2) is 11.5 Å². The van der Waals surface area contributed by atoms with Crippen LogP contribution in [-0.2, 0) is 0 Å². The van der Waals surface area contributed by atoms with Crippen LogP contribution in [0.2, 0.25) is 0 Å². The highest BCUT2D eigenvalue weighted by molar-refractivity contribution is 7.07. The Hall–Kier alpha value is -2.15. The highest BCUT2D eigenvalue weighted by atomic mass is 32.1. The molecule has 1 aromatic heterocycles. The lowest BCUT2D eigenvalue weighted by atomic mass is 10.1. The summed E-state index contributed by atoms with van der Waals surface area (Å²) in [5, 5.41) is 6.60. The van der Waals surface area contributed by atoms with Crippen molar-refractivity contribution in [3.8, 4) is 11.5 Å². The van der Waals surface area contributed by atoms with Gasteiger partial charge in [0.1, 0.15) is 4.88 Å². The average molecular weight is 349 g/mol. The standard InChI is InChI=1S/C17H23N3O3S/c1-11(2)7-8-23-14-6-5-13(9-15(14)22-4)12(3)19-17(21)16-10-18-20-24-16/h5-6,9-12H,7-8H2,1-4H3,(H,19,21)/t12-/m0/s1. The Balaban J connectivity index is 2.03. The van der Waals surface area contributed by atoms with E-state index in [1.54, 1.807) is 7.11 Å². The number of nitrogens with zero attached hydrogens (tertiary/aromatic N) is 2. The van der Waals surface area contributed by atoms with Gasteiger partial charge in [0, 0.05) is 0 Å². The van der Waals surface area contributed by atoms with Crippen LogP contribution < -0.4 is 14.8 Å². The van der Waals surface area contributed by atoms with Crippen LogP contribution in [0.1, 0.15) is 48.5 Å². The Morgan fingerprint density at radius 2 is 2.08 bits per heavy atom. The molecule has 1 atom stereocenters. The maximum Gasteiger partial charge on any atom is 0.265 e. The Kier molecular flexibility index (Phi) is 6.54.